The molecule has 1 N–H and O–H groups in total. The molecule has 0 bridgehead atoms. The molecule has 0 radical (unpaired) electrons. The van der Waals surface area contributed by atoms with Crippen molar-refractivity contribution in [3.8, 4) is 5.75 Å². The second-order valence-corrected chi connectivity index (χ2v) is 4.81. The number of nitrogens with one attached hydrogen (secondary N) is 1. The van der Waals surface area contributed by atoms with Gasteiger partial charge in [-0.3, -0.25) is 4.79 Å². The van der Waals surface area contributed by atoms with Crippen molar-refractivity contribution in [2.75, 3.05) is 6.61 Å². The van der Waals surface area contributed by atoms with E-state index in [-0.39, 0.29) is 5.91 Å². The lowest BCUT2D eigenvalue weighted by atomic mass is 10.3. The smallest absolute Gasteiger partial charge is 0.223 e. The Hall–Kier alpha value is -1.03. The van der Waals surface area contributed by atoms with Crippen LogP contribution in [0.15, 0.2) is 28.7 Å². The van der Waals surface area contributed by atoms with Crippen molar-refractivity contribution in [1.82, 2.24) is 5.32 Å². The molecule has 1 aliphatic carbocycles. The maximum atomic E-state index is 11.4. The van der Waals surface area contributed by atoms with Crippen LogP contribution in [0, 0.1) is 0 Å². The minimum atomic E-state index is 0.0810. The zero-order chi connectivity index (χ0) is 11.4. The summed E-state index contributed by atoms with van der Waals surface area (Å²) >= 11 is 3.36. The van der Waals surface area contributed by atoms with Crippen molar-refractivity contribution < 1.29 is 9.53 Å². The number of ether oxygens (including phenoxy) is 1. The van der Waals surface area contributed by atoms with Crippen molar-refractivity contribution in [1.29, 1.82) is 0 Å². The maximum Gasteiger partial charge on any atom is 0.223 e. The highest BCUT2D eigenvalue weighted by molar-refractivity contribution is 9.10. The molecule has 0 unspecified atom stereocenters. The van der Waals surface area contributed by atoms with E-state index in [0.29, 0.717) is 19.1 Å². The van der Waals surface area contributed by atoms with E-state index in [1.165, 1.54) is 0 Å². The normalized spacial score (nSPS) is 14.6. The van der Waals surface area contributed by atoms with Crippen LogP contribution in [0.4, 0.5) is 0 Å². The molecule has 3 nitrogen and oxygen atoms in total. The second kappa shape index (κ2) is 5.34. The zero-order valence-electron chi connectivity index (χ0n) is 8.91. The van der Waals surface area contributed by atoms with Gasteiger partial charge in [0.1, 0.15) is 5.75 Å². The molecule has 2 rings (SSSR count). The van der Waals surface area contributed by atoms with Crippen LogP contribution in [0.3, 0.4) is 0 Å². The van der Waals surface area contributed by atoms with E-state index in [9.17, 15) is 4.79 Å². The SMILES string of the molecule is O=C(CCOc1cccc(Br)c1)NC1CC1. The van der Waals surface area contributed by atoms with Crippen LogP contribution in [0.5, 0.6) is 5.75 Å². The Bertz CT molecular complexity index is 377. The van der Waals surface area contributed by atoms with Crippen LogP contribution in [0.1, 0.15) is 19.3 Å². The van der Waals surface area contributed by atoms with Gasteiger partial charge in [0.25, 0.3) is 0 Å². The highest BCUT2D eigenvalue weighted by atomic mass is 79.9. The quantitative estimate of drug-likeness (QED) is 0.902. The van der Waals surface area contributed by atoms with Gasteiger partial charge in [-0.25, -0.2) is 0 Å². The first-order valence-corrected chi connectivity index (χ1v) is 6.21. The number of rotatable bonds is 5. The molecule has 0 atom stereocenters. The third-order valence-corrected chi connectivity index (χ3v) is 2.83. The standard InChI is InChI=1S/C12H14BrNO2/c13-9-2-1-3-11(8-9)16-7-6-12(15)14-10-4-5-10/h1-3,8,10H,4-7H2,(H,14,15). The number of amides is 1. The summed E-state index contributed by atoms with van der Waals surface area (Å²) in [7, 11) is 0. The molecular weight excluding hydrogens is 270 g/mol. The molecule has 0 saturated heterocycles. The predicted octanol–water partition coefficient (Wildman–Crippen LogP) is 2.50. The fourth-order valence-corrected chi connectivity index (χ4v) is 1.72. The van der Waals surface area contributed by atoms with Crippen LogP contribution in [0.2, 0.25) is 0 Å². The lowest BCUT2D eigenvalue weighted by molar-refractivity contribution is -0.121. The molecule has 0 aliphatic heterocycles. The Morgan fingerprint density at radius 3 is 3.00 bits per heavy atom. The number of hydrogen-bond acceptors (Lipinski definition) is 2. The van der Waals surface area contributed by atoms with Crippen molar-refractivity contribution in [2.24, 2.45) is 0 Å². The first kappa shape index (κ1) is 11.5. The molecule has 1 aliphatic rings. The fraction of sp³-hybridized carbons (Fsp3) is 0.417. The molecule has 1 fully saturated rings. The number of carbonyl (C=O) groups is 1. The van der Waals surface area contributed by atoms with E-state index in [0.717, 1.165) is 23.1 Å². The summed E-state index contributed by atoms with van der Waals surface area (Å²) in [5.74, 6) is 0.867. The average Bonchev–Trinajstić information content (AvgIpc) is 3.02. The number of benzene rings is 1. The van der Waals surface area contributed by atoms with Gasteiger partial charge >= 0.3 is 0 Å². The Labute approximate surface area is 103 Å². The van der Waals surface area contributed by atoms with Crippen LogP contribution in [-0.4, -0.2) is 18.6 Å². The highest BCUT2D eigenvalue weighted by Gasteiger charge is 2.22. The minimum Gasteiger partial charge on any atom is -0.493 e. The lowest BCUT2D eigenvalue weighted by Gasteiger charge is -2.06. The topological polar surface area (TPSA) is 38.3 Å². The van der Waals surface area contributed by atoms with Gasteiger partial charge in [-0.05, 0) is 31.0 Å². The summed E-state index contributed by atoms with van der Waals surface area (Å²) in [6.07, 6.45) is 2.67. The fourth-order valence-electron chi connectivity index (χ4n) is 1.35. The Morgan fingerprint density at radius 1 is 1.50 bits per heavy atom. The second-order valence-electron chi connectivity index (χ2n) is 3.90. The van der Waals surface area contributed by atoms with Gasteiger partial charge in [0.2, 0.25) is 5.91 Å². The molecular formula is C12H14BrNO2. The summed E-state index contributed by atoms with van der Waals surface area (Å²) in [6.45, 7) is 0.426. The Morgan fingerprint density at radius 2 is 2.31 bits per heavy atom. The third-order valence-electron chi connectivity index (χ3n) is 2.34. The summed E-state index contributed by atoms with van der Waals surface area (Å²) in [6, 6.07) is 8.04. The van der Waals surface area contributed by atoms with Gasteiger partial charge < -0.3 is 10.1 Å². The molecule has 0 aromatic heterocycles. The van der Waals surface area contributed by atoms with Crippen molar-refractivity contribution >= 4 is 21.8 Å². The molecule has 0 spiro atoms. The Kier molecular flexibility index (Phi) is 3.83. The average molecular weight is 284 g/mol. The van der Waals surface area contributed by atoms with E-state index >= 15 is 0 Å². The van der Waals surface area contributed by atoms with E-state index in [4.69, 9.17) is 4.74 Å². The van der Waals surface area contributed by atoms with E-state index in [1.807, 2.05) is 24.3 Å². The van der Waals surface area contributed by atoms with Crippen LogP contribution < -0.4 is 10.1 Å². The van der Waals surface area contributed by atoms with Crippen LogP contribution in [-0.2, 0) is 4.79 Å². The van der Waals surface area contributed by atoms with E-state index in [1.54, 1.807) is 0 Å². The van der Waals surface area contributed by atoms with Gasteiger partial charge in [-0.2, -0.15) is 0 Å². The van der Waals surface area contributed by atoms with Gasteiger partial charge in [0.15, 0.2) is 0 Å². The number of hydrogen-bond donors (Lipinski definition) is 1. The van der Waals surface area contributed by atoms with Gasteiger partial charge in [0.05, 0.1) is 13.0 Å². The van der Waals surface area contributed by atoms with E-state index < -0.39 is 0 Å². The summed E-state index contributed by atoms with van der Waals surface area (Å²) in [4.78, 5) is 11.4. The molecule has 1 amide bonds. The first-order chi connectivity index (χ1) is 7.74. The molecule has 1 aromatic rings. The third kappa shape index (κ3) is 3.85. The molecule has 4 heteroatoms. The Balaban J connectivity index is 1.68. The van der Waals surface area contributed by atoms with Crippen LogP contribution in [0.25, 0.3) is 0 Å². The largest absolute Gasteiger partial charge is 0.493 e. The summed E-state index contributed by atoms with van der Waals surface area (Å²) in [5.41, 5.74) is 0. The van der Waals surface area contributed by atoms with Gasteiger partial charge in [0, 0.05) is 10.5 Å². The highest BCUT2D eigenvalue weighted by Crippen LogP contribution is 2.19. The molecule has 1 aromatic carbocycles. The lowest BCUT2D eigenvalue weighted by Crippen LogP contribution is -2.26. The number of carbonyl (C=O) groups excluding carboxylic acids is 1. The summed E-state index contributed by atoms with van der Waals surface area (Å²) in [5, 5.41) is 2.92. The van der Waals surface area contributed by atoms with Crippen molar-refractivity contribution in [3.05, 3.63) is 28.7 Å². The predicted molar refractivity (Wildman–Crippen MR) is 65.4 cm³/mol. The molecule has 1 saturated carbocycles. The van der Waals surface area contributed by atoms with Gasteiger partial charge in [-0.1, -0.05) is 22.0 Å². The minimum absolute atomic E-state index is 0.0810. The zero-order valence-corrected chi connectivity index (χ0v) is 10.5. The first-order valence-electron chi connectivity index (χ1n) is 5.42. The number of halogens is 1. The van der Waals surface area contributed by atoms with Crippen LogP contribution >= 0.6 is 15.9 Å². The van der Waals surface area contributed by atoms with E-state index in [2.05, 4.69) is 21.2 Å². The summed E-state index contributed by atoms with van der Waals surface area (Å²) < 4.78 is 6.45. The maximum absolute atomic E-state index is 11.4. The van der Waals surface area contributed by atoms with Gasteiger partial charge in [-0.15, -0.1) is 0 Å². The molecule has 86 valence electrons. The molecule has 16 heavy (non-hydrogen) atoms. The monoisotopic (exact) mass is 283 g/mol. The van der Waals surface area contributed by atoms with Crippen molar-refractivity contribution in [3.63, 3.8) is 0 Å². The van der Waals surface area contributed by atoms with Crippen molar-refractivity contribution in [2.45, 2.75) is 25.3 Å². The molecule has 0 heterocycles.